The van der Waals surface area contributed by atoms with Gasteiger partial charge < -0.3 is 5.32 Å². The summed E-state index contributed by atoms with van der Waals surface area (Å²) >= 11 is 0. The summed E-state index contributed by atoms with van der Waals surface area (Å²) in [6, 6.07) is 4.20. The van der Waals surface area contributed by atoms with E-state index in [1.807, 2.05) is 12.3 Å². The molecular formula is C9H9N3. The molecule has 1 unspecified atom stereocenters. The predicted octanol–water partition coefficient (Wildman–Crippen LogP) is 1.19. The Labute approximate surface area is 71.0 Å². The van der Waals surface area contributed by atoms with Gasteiger partial charge in [0.2, 0.25) is 0 Å². The van der Waals surface area contributed by atoms with Crippen molar-refractivity contribution >= 4 is 5.69 Å². The first-order chi connectivity index (χ1) is 5.90. The third-order valence-corrected chi connectivity index (χ3v) is 2.09. The van der Waals surface area contributed by atoms with Gasteiger partial charge in [-0.1, -0.05) is 0 Å². The maximum atomic E-state index is 8.71. The molecule has 0 spiro atoms. The van der Waals surface area contributed by atoms with Gasteiger partial charge >= 0.3 is 0 Å². The molecule has 1 aromatic rings. The molecule has 1 aromatic heterocycles. The van der Waals surface area contributed by atoms with Gasteiger partial charge in [-0.2, -0.15) is 5.26 Å². The van der Waals surface area contributed by atoms with Gasteiger partial charge in [0, 0.05) is 24.6 Å². The fourth-order valence-corrected chi connectivity index (χ4v) is 1.42. The largest absolute Gasteiger partial charge is 0.383 e. The van der Waals surface area contributed by atoms with E-state index in [9.17, 15) is 0 Å². The van der Waals surface area contributed by atoms with E-state index in [4.69, 9.17) is 5.26 Å². The van der Waals surface area contributed by atoms with Crippen LogP contribution in [0, 0.1) is 17.2 Å². The van der Waals surface area contributed by atoms with Gasteiger partial charge in [-0.3, -0.25) is 4.98 Å². The molecule has 1 aliphatic rings. The lowest BCUT2D eigenvalue weighted by atomic mass is 9.97. The van der Waals surface area contributed by atoms with Crippen LogP contribution in [-0.2, 0) is 6.42 Å². The zero-order valence-electron chi connectivity index (χ0n) is 6.62. The second-order valence-electron chi connectivity index (χ2n) is 2.94. The lowest BCUT2D eigenvalue weighted by Gasteiger charge is -2.20. The fraction of sp³-hybridized carbons (Fsp3) is 0.333. The highest BCUT2D eigenvalue weighted by atomic mass is 14.9. The average molecular weight is 159 g/mol. The Morgan fingerprint density at radius 1 is 1.67 bits per heavy atom. The van der Waals surface area contributed by atoms with Crippen molar-refractivity contribution in [2.24, 2.45) is 5.92 Å². The third-order valence-electron chi connectivity index (χ3n) is 2.09. The summed E-state index contributed by atoms with van der Waals surface area (Å²) in [5, 5.41) is 11.9. The summed E-state index contributed by atoms with van der Waals surface area (Å²) in [6.07, 6.45) is 4.41. The average Bonchev–Trinajstić information content (AvgIpc) is 2.17. The van der Waals surface area contributed by atoms with Crippen LogP contribution in [0.3, 0.4) is 0 Å². The second kappa shape index (κ2) is 2.82. The third kappa shape index (κ3) is 1.12. The van der Waals surface area contributed by atoms with E-state index < -0.39 is 0 Å². The number of rotatable bonds is 0. The summed E-state index contributed by atoms with van der Waals surface area (Å²) in [4.78, 5) is 4.02. The van der Waals surface area contributed by atoms with Gasteiger partial charge in [-0.25, -0.2) is 0 Å². The predicted molar refractivity (Wildman–Crippen MR) is 45.5 cm³/mol. The number of pyridine rings is 1. The van der Waals surface area contributed by atoms with Crippen molar-refractivity contribution in [3.8, 4) is 6.07 Å². The minimum absolute atomic E-state index is 0.0988. The zero-order valence-corrected chi connectivity index (χ0v) is 6.62. The molecule has 2 rings (SSSR count). The highest BCUT2D eigenvalue weighted by Gasteiger charge is 2.16. The summed E-state index contributed by atoms with van der Waals surface area (Å²) in [7, 11) is 0. The fourth-order valence-electron chi connectivity index (χ4n) is 1.42. The van der Waals surface area contributed by atoms with Crippen molar-refractivity contribution in [1.29, 1.82) is 5.26 Å². The van der Waals surface area contributed by atoms with Gasteiger partial charge in [0.25, 0.3) is 0 Å². The Balaban J connectivity index is 2.30. The molecule has 0 amide bonds. The van der Waals surface area contributed by atoms with Gasteiger partial charge in [-0.15, -0.1) is 0 Å². The van der Waals surface area contributed by atoms with Crippen LogP contribution in [0.1, 0.15) is 5.56 Å². The van der Waals surface area contributed by atoms with E-state index >= 15 is 0 Å². The molecule has 1 N–H and O–H groups in total. The number of fused-ring (bicyclic) bond motifs is 1. The smallest absolute Gasteiger partial charge is 0.0677 e. The van der Waals surface area contributed by atoms with Gasteiger partial charge in [0.15, 0.2) is 0 Å². The monoisotopic (exact) mass is 159 g/mol. The number of nitrogens with one attached hydrogen (secondary N) is 1. The first-order valence-electron chi connectivity index (χ1n) is 3.96. The van der Waals surface area contributed by atoms with Crippen molar-refractivity contribution in [1.82, 2.24) is 4.98 Å². The topological polar surface area (TPSA) is 48.7 Å². The van der Waals surface area contributed by atoms with Gasteiger partial charge in [0.1, 0.15) is 0 Å². The SMILES string of the molecule is N#CC1CNc2ccncc2C1. The standard InChI is InChI=1S/C9H9N3/c10-4-7-3-8-6-11-2-1-9(8)12-5-7/h1-2,6-7,12H,3,5H2. The number of anilines is 1. The lowest BCUT2D eigenvalue weighted by molar-refractivity contribution is 0.672. The van der Waals surface area contributed by atoms with E-state index in [2.05, 4.69) is 16.4 Å². The molecule has 0 saturated carbocycles. The van der Waals surface area contributed by atoms with Crippen molar-refractivity contribution in [2.75, 3.05) is 11.9 Å². The minimum Gasteiger partial charge on any atom is -0.383 e. The second-order valence-corrected chi connectivity index (χ2v) is 2.94. The van der Waals surface area contributed by atoms with E-state index in [0.717, 1.165) is 24.2 Å². The summed E-state index contributed by atoms with van der Waals surface area (Å²) in [5.74, 6) is 0.0988. The van der Waals surface area contributed by atoms with Crippen LogP contribution in [0.4, 0.5) is 5.69 Å². The van der Waals surface area contributed by atoms with E-state index in [1.165, 1.54) is 0 Å². The number of hydrogen-bond acceptors (Lipinski definition) is 3. The molecule has 3 heteroatoms. The Kier molecular flexibility index (Phi) is 1.67. The molecule has 1 aliphatic heterocycles. The maximum absolute atomic E-state index is 8.71. The van der Waals surface area contributed by atoms with Gasteiger partial charge in [0.05, 0.1) is 12.0 Å². The molecule has 0 fully saturated rings. The molecular weight excluding hydrogens is 150 g/mol. The van der Waals surface area contributed by atoms with Crippen LogP contribution in [0.5, 0.6) is 0 Å². The molecule has 12 heavy (non-hydrogen) atoms. The highest BCUT2D eigenvalue weighted by molar-refractivity contribution is 5.52. The van der Waals surface area contributed by atoms with Crippen LogP contribution < -0.4 is 5.32 Å². The van der Waals surface area contributed by atoms with Gasteiger partial charge in [-0.05, 0) is 18.1 Å². The number of nitriles is 1. The van der Waals surface area contributed by atoms with Crippen LogP contribution in [0.15, 0.2) is 18.5 Å². The van der Waals surface area contributed by atoms with E-state index in [-0.39, 0.29) is 5.92 Å². The molecule has 60 valence electrons. The van der Waals surface area contributed by atoms with Crippen LogP contribution in [0.2, 0.25) is 0 Å². The number of nitrogens with zero attached hydrogens (tertiary/aromatic N) is 2. The normalized spacial score (nSPS) is 20.4. The first-order valence-corrected chi connectivity index (χ1v) is 3.96. The Hall–Kier alpha value is -1.56. The van der Waals surface area contributed by atoms with Crippen molar-refractivity contribution in [2.45, 2.75) is 6.42 Å². The van der Waals surface area contributed by atoms with E-state index in [0.29, 0.717) is 0 Å². The minimum atomic E-state index is 0.0988. The molecule has 3 nitrogen and oxygen atoms in total. The Bertz CT molecular complexity index is 327. The first kappa shape index (κ1) is 7.11. The van der Waals surface area contributed by atoms with Crippen LogP contribution in [0.25, 0.3) is 0 Å². The zero-order chi connectivity index (χ0) is 8.39. The quantitative estimate of drug-likeness (QED) is 0.618. The summed E-state index contributed by atoms with van der Waals surface area (Å²) in [5.41, 5.74) is 2.27. The molecule has 0 radical (unpaired) electrons. The highest BCUT2D eigenvalue weighted by Crippen LogP contribution is 2.22. The molecule has 0 saturated heterocycles. The van der Waals surface area contributed by atoms with Crippen molar-refractivity contribution < 1.29 is 0 Å². The Morgan fingerprint density at radius 2 is 2.58 bits per heavy atom. The van der Waals surface area contributed by atoms with Crippen molar-refractivity contribution in [3.63, 3.8) is 0 Å². The molecule has 0 aromatic carbocycles. The molecule has 2 heterocycles. The van der Waals surface area contributed by atoms with Crippen LogP contribution >= 0.6 is 0 Å². The Morgan fingerprint density at radius 3 is 3.42 bits per heavy atom. The summed E-state index contributed by atoms with van der Waals surface area (Å²) in [6.45, 7) is 0.757. The van der Waals surface area contributed by atoms with Crippen molar-refractivity contribution in [3.05, 3.63) is 24.0 Å². The number of aromatic nitrogens is 1. The van der Waals surface area contributed by atoms with E-state index in [1.54, 1.807) is 6.20 Å². The maximum Gasteiger partial charge on any atom is 0.0677 e. The summed E-state index contributed by atoms with van der Waals surface area (Å²) < 4.78 is 0. The molecule has 1 atom stereocenters. The lowest BCUT2D eigenvalue weighted by Crippen LogP contribution is -2.21. The molecule has 0 aliphatic carbocycles. The number of hydrogen-bond donors (Lipinski definition) is 1. The van der Waals surface area contributed by atoms with Crippen LogP contribution in [-0.4, -0.2) is 11.5 Å². The molecule has 0 bridgehead atoms.